The van der Waals surface area contributed by atoms with Gasteiger partial charge in [0.05, 0.1) is 12.3 Å². The molecule has 1 heterocycles. The Kier molecular flexibility index (Phi) is 5.67. The standard InChI is InChI=1S/C17H29NO2S/c1-13-6-5-7-16(10-13)21(19)12-15-9-8-14(20-15)11-18-17(2,3)4/h8-9,13,16,18H,5-7,10-12H2,1-4H3. The van der Waals surface area contributed by atoms with Gasteiger partial charge in [0.2, 0.25) is 0 Å². The van der Waals surface area contributed by atoms with E-state index in [1.165, 1.54) is 12.8 Å². The van der Waals surface area contributed by atoms with Crippen LogP contribution < -0.4 is 5.32 Å². The third kappa shape index (κ3) is 5.59. The molecule has 1 aromatic rings. The van der Waals surface area contributed by atoms with E-state index in [1.54, 1.807) is 0 Å². The van der Waals surface area contributed by atoms with E-state index < -0.39 is 10.8 Å². The molecule has 1 aliphatic rings. The highest BCUT2D eigenvalue weighted by Gasteiger charge is 2.24. The molecule has 120 valence electrons. The monoisotopic (exact) mass is 311 g/mol. The van der Waals surface area contributed by atoms with Crippen molar-refractivity contribution in [3.63, 3.8) is 0 Å². The molecular formula is C17H29NO2S. The van der Waals surface area contributed by atoms with Crippen molar-refractivity contribution >= 4 is 10.8 Å². The van der Waals surface area contributed by atoms with Crippen LogP contribution in [0.1, 0.15) is 64.9 Å². The Hall–Kier alpha value is -0.610. The molecule has 3 nitrogen and oxygen atoms in total. The molecule has 1 N–H and O–H groups in total. The summed E-state index contributed by atoms with van der Waals surface area (Å²) in [5.41, 5.74) is 0.0774. The Balaban J connectivity index is 1.85. The van der Waals surface area contributed by atoms with Gasteiger partial charge in [0.15, 0.2) is 0 Å². The summed E-state index contributed by atoms with van der Waals surface area (Å²) in [6.07, 6.45) is 4.72. The Morgan fingerprint density at radius 2 is 2.00 bits per heavy atom. The van der Waals surface area contributed by atoms with E-state index in [9.17, 15) is 4.21 Å². The molecule has 1 aromatic heterocycles. The zero-order chi connectivity index (χ0) is 15.5. The summed E-state index contributed by atoms with van der Waals surface area (Å²) in [5, 5.41) is 3.76. The van der Waals surface area contributed by atoms with Crippen molar-refractivity contribution < 1.29 is 8.63 Å². The number of hydrogen-bond donors (Lipinski definition) is 1. The van der Waals surface area contributed by atoms with Crippen molar-refractivity contribution in [1.29, 1.82) is 0 Å². The van der Waals surface area contributed by atoms with Gasteiger partial charge in [-0.05, 0) is 51.7 Å². The molecule has 21 heavy (non-hydrogen) atoms. The average Bonchev–Trinajstić information content (AvgIpc) is 2.83. The van der Waals surface area contributed by atoms with Crippen molar-refractivity contribution in [1.82, 2.24) is 5.32 Å². The van der Waals surface area contributed by atoms with Gasteiger partial charge in [0.25, 0.3) is 0 Å². The minimum atomic E-state index is -0.800. The zero-order valence-electron chi connectivity index (χ0n) is 13.8. The molecule has 1 fully saturated rings. The van der Waals surface area contributed by atoms with Crippen LogP contribution >= 0.6 is 0 Å². The lowest BCUT2D eigenvalue weighted by Crippen LogP contribution is -2.34. The predicted molar refractivity (Wildman–Crippen MR) is 88.6 cm³/mol. The topological polar surface area (TPSA) is 42.2 Å². The summed E-state index contributed by atoms with van der Waals surface area (Å²) in [4.78, 5) is 0. The lowest BCUT2D eigenvalue weighted by Gasteiger charge is -2.25. The summed E-state index contributed by atoms with van der Waals surface area (Å²) in [6, 6.07) is 3.97. The van der Waals surface area contributed by atoms with Crippen molar-refractivity contribution in [3.8, 4) is 0 Å². The summed E-state index contributed by atoms with van der Waals surface area (Å²) in [5.74, 6) is 3.06. The van der Waals surface area contributed by atoms with E-state index in [2.05, 4.69) is 33.0 Å². The fourth-order valence-electron chi connectivity index (χ4n) is 2.82. The van der Waals surface area contributed by atoms with Gasteiger partial charge >= 0.3 is 0 Å². The molecule has 0 aromatic carbocycles. The smallest absolute Gasteiger partial charge is 0.118 e. The molecule has 0 amide bonds. The van der Waals surface area contributed by atoms with Gasteiger partial charge in [-0.25, -0.2) is 0 Å². The Labute approximate surface area is 131 Å². The number of rotatable bonds is 5. The molecule has 2 rings (SSSR count). The van der Waals surface area contributed by atoms with Gasteiger partial charge in [0, 0.05) is 21.6 Å². The molecule has 0 radical (unpaired) electrons. The second-order valence-electron chi connectivity index (χ2n) is 7.39. The van der Waals surface area contributed by atoms with Gasteiger partial charge in [-0.3, -0.25) is 4.21 Å². The average molecular weight is 311 g/mol. The first-order valence-electron chi connectivity index (χ1n) is 8.03. The van der Waals surface area contributed by atoms with Crippen LogP contribution in [0.5, 0.6) is 0 Å². The second-order valence-corrected chi connectivity index (χ2v) is 9.11. The first kappa shape index (κ1) is 16.8. The zero-order valence-corrected chi connectivity index (χ0v) is 14.6. The van der Waals surface area contributed by atoms with Crippen LogP contribution in [0.15, 0.2) is 16.5 Å². The van der Waals surface area contributed by atoms with Crippen molar-refractivity contribution in [2.45, 2.75) is 76.5 Å². The minimum Gasteiger partial charge on any atom is -0.464 e. The summed E-state index contributed by atoms with van der Waals surface area (Å²) in [6.45, 7) is 9.39. The Morgan fingerprint density at radius 3 is 2.67 bits per heavy atom. The largest absolute Gasteiger partial charge is 0.464 e. The van der Waals surface area contributed by atoms with E-state index in [0.717, 1.165) is 36.8 Å². The van der Waals surface area contributed by atoms with Crippen molar-refractivity contribution in [2.75, 3.05) is 0 Å². The fourth-order valence-corrected chi connectivity index (χ4v) is 4.47. The third-order valence-corrected chi connectivity index (χ3v) is 5.80. The number of nitrogens with one attached hydrogen (secondary N) is 1. The van der Waals surface area contributed by atoms with Crippen LogP contribution in [0.25, 0.3) is 0 Å². The van der Waals surface area contributed by atoms with Gasteiger partial charge in [-0.1, -0.05) is 19.8 Å². The number of furan rings is 1. The molecule has 0 saturated heterocycles. The van der Waals surface area contributed by atoms with E-state index in [0.29, 0.717) is 11.0 Å². The van der Waals surface area contributed by atoms with Gasteiger partial charge < -0.3 is 9.73 Å². The van der Waals surface area contributed by atoms with Gasteiger partial charge in [0.1, 0.15) is 11.5 Å². The van der Waals surface area contributed by atoms with Crippen LogP contribution in [0.4, 0.5) is 0 Å². The van der Waals surface area contributed by atoms with Crippen LogP contribution in [0, 0.1) is 5.92 Å². The second kappa shape index (κ2) is 7.10. The summed E-state index contributed by atoms with van der Waals surface area (Å²) >= 11 is 0. The summed E-state index contributed by atoms with van der Waals surface area (Å²) in [7, 11) is -0.800. The molecule has 4 heteroatoms. The van der Waals surface area contributed by atoms with E-state index in [1.807, 2.05) is 12.1 Å². The lowest BCUT2D eigenvalue weighted by atomic mass is 9.91. The molecule has 3 atom stereocenters. The summed E-state index contributed by atoms with van der Waals surface area (Å²) < 4.78 is 18.3. The van der Waals surface area contributed by atoms with Crippen molar-refractivity contribution in [2.24, 2.45) is 5.92 Å². The van der Waals surface area contributed by atoms with Gasteiger partial charge in [-0.2, -0.15) is 0 Å². The normalized spacial score (nSPS) is 25.0. The van der Waals surface area contributed by atoms with Crippen LogP contribution in [0.2, 0.25) is 0 Å². The maximum Gasteiger partial charge on any atom is 0.118 e. The Morgan fingerprint density at radius 1 is 1.29 bits per heavy atom. The molecule has 0 aliphatic heterocycles. The highest BCUT2D eigenvalue weighted by Crippen LogP contribution is 2.28. The lowest BCUT2D eigenvalue weighted by molar-refractivity contribution is 0.379. The first-order valence-corrected chi connectivity index (χ1v) is 9.41. The van der Waals surface area contributed by atoms with E-state index >= 15 is 0 Å². The minimum absolute atomic E-state index is 0.0774. The molecule has 0 spiro atoms. The highest BCUT2D eigenvalue weighted by atomic mass is 32.2. The maximum atomic E-state index is 12.5. The highest BCUT2D eigenvalue weighted by molar-refractivity contribution is 7.84. The fraction of sp³-hybridized carbons (Fsp3) is 0.765. The SMILES string of the molecule is CC1CCCC(S(=O)Cc2ccc(CNC(C)(C)C)o2)C1. The van der Waals surface area contributed by atoms with Gasteiger partial charge in [-0.15, -0.1) is 0 Å². The quantitative estimate of drug-likeness (QED) is 0.894. The third-order valence-electron chi connectivity index (χ3n) is 4.05. The van der Waals surface area contributed by atoms with E-state index in [-0.39, 0.29) is 5.54 Å². The van der Waals surface area contributed by atoms with E-state index in [4.69, 9.17) is 4.42 Å². The number of hydrogen-bond acceptors (Lipinski definition) is 3. The predicted octanol–water partition coefficient (Wildman–Crippen LogP) is 4.00. The Bertz CT molecular complexity index is 475. The maximum absolute atomic E-state index is 12.5. The molecule has 0 bridgehead atoms. The van der Waals surface area contributed by atoms with Crippen LogP contribution in [0.3, 0.4) is 0 Å². The molecule has 1 saturated carbocycles. The first-order chi connectivity index (χ1) is 9.83. The van der Waals surface area contributed by atoms with Crippen LogP contribution in [-0.4, -0.2) is 15.0 Å². The van der Waals surface area contributed by atoms with Crippen molar-refractivity contribution in [3.05, 3.63) is 23.7 Å². The van der Waals surface area contributed by atoms with Crippen LogP contribution in [-0.2, 0) is 23.1 Å². The molecular weight excluding hydrogens is 282 g/mol. The molecule has 1 aliphatic carbocycles. The molecule has 3 unspecified atom stereocenters.